The quantitative estimate of drug-likeness (QED) is 0.281. The van der Waals surface area contributed by atoms with E-state index >= 15 is 0 Å². The van der Waals surface area contributed by atoms with Gasteiger partial charge in [-0.25, -0.2) is 4.98 Å². The van der Waals surface area contributed by atoms with Gasteiger partial charge in [0.1, 0.15) is 12.4 Å². The van der Waals surface area contributed by atoms with Crippen LogP contribution in [0.15, 0.2) is 65.1 Å². The number of ether oxygens (including phenoxy) is 2. The molecule has 0 unspecified atom stereocenters. The molecule has 4 rings (SSSR count). The van der Waals surface area contributed by atoms with Crippen LogP contribution in [0.1, 0.15) is 17.0 Å². The summed E-state index contributed by atoms with van der Waals surface area (Å²) < 4.78 is 12.5. The zero-order valence-electron chi connectivity index (χ0n) is 17.1. The van der Waals surface area contributed by atoms with Crippen molar-refractivity contribution in [2.45, 2.75) is 19.6 Å². The number of fused-ring (bicyclic) bond motifs is 1. The highest BCUT2D eigenvalue weighted by molar-refractivity contribution is 9.10. The van der Waals surface area contributed by atoms with Crippen molar-refractivity contribution >= 4 is 38.6 Å². The Labute approximate surface area is 194 Å². The third-order valence-corrected chi connectivity index (χ3v) is 5.92. The van der Waals surface area contributed by atoms with Crippen LogP contribution in [0.25, 0.3) is 11.0 Å². The molecule has 7 heteroatoms. The van der Waals surface area contributed by atoms with E-state index in [0.717, 1.165) is 45.4 Å². The highest BCUT2D eigenvalue weighted by atomic mass is 79.9. The molecular formula is C24H23BrClN3O2. The van der Waals surface area contributed by atoms with Gasteiger partial charge in [0.25, 0.3) is 0 Å². The Hall–Kier alpha value is -2.54. The average molecular weight is 501 g/mol. The number of hydrogen-bond acceptors (Lipinski definition) is 4. The van der Waals surface area contributed by atoms with Crippen molar-refractivity contribution in [2.24, 2.45) is 0 Å². The Balaban J connectivity index is 1.34. The fourth-order valence-electron chi connectivity index (χ4n) is 3.28. The maximum Gasteiger partial charge on any atom is 0.162 e. The molecule has 0 spiro atoms. The third-order valence-electron chi connectivity index (χ3n) is 4.93. The van der Waals surface area contributed by atoms with Gasteiger partial charge in [0, 0.05) is 29.0 Å². The summed E-state index contributed by atoms with van der Waals surface area (Å²) in [7, 11) is 1.65. The van der Waals surface area contributed by atoms with Crippen LogP contribution in [0.4, 0.5) is 0 Å². The van der Waals surface area contributed by atoms with Crippen LogP contribution >= 0.6 is 27.5 Å². The molecule has 5 nitrogen and oxygen atoms in total. The summed E-state index contributed by atoms with van der Waals surface area (Å²) in [4.78, 5) is 7.97. The lowest BCUT2D eigenvalue weighted by molar-refractivity contribution is 0.284. The van der Waals surface area contributed by atoms with Gasteiger partial charge in [0.2, 0.25) is 0 Å². The molecule has 31 heavy (non-hydrogen) atoms. The van der Waals surface area contributed by atoms with Crippen molar-refractivity contribution in [3.8, 4) is 11.5 Å². The van der Waals surface area contributed by atoms with E-state index in [9.17, 15) is 0 Å². The first kappa shape index (κ1) is 21.7. The first-order valence-electron chi connectivity index (χ1n) is 10.0. The maximum atomic E-state index is 5.97. The van der Waals surface area contributed by atoms with Gasteiger partial charge in [-0.3, -0.25) is 0 Å². The molecule has 3 aromatic carbocycles. The van der Waals surface area contributed by atoms with Crippen LogP contribution in [0.3, 0.4) is 0 Å². The van der Waals surface area contributed by atoms with Gasteiger partial charge in [-0.1, -0.05) is 51.8 Å². The molecule has 0 amide bonds. The average Bonchev–Trinajstić information content (AvgIpc) is 3.20. The number of methoxy groups -OCH3 is 1. The minimum Gasteiger partial charge on any atom is -0.493 e. The van der Waals surface area contributed by atoms with Crippen LogP contribution in [-0.2, 0) is 19.6 Å². The van der Waals surface area contributed by atoms with Gasteiger partial charge in [-0.2, -0.15) is 0 Å². The largest absolute Gasteiger partial charge is 0.493 e. The van der Waals surface area contributed by atoms with Gasteiger partial charge in [0.05, 0.1) is 18.1 Å². The molecule has 0 fully saturated rings. The second kappa shape index (κ2) is 10.2. The molecule has 0 radical (unpaired) electrons. The minimum absolute atomic E-state index is 0.440. The monoisotopic (exact) mass is 499 g/mol. The number of rotatable bonds is 9. The molecule has 1 heterocycles. The summed E-state index contributed by atoms with van der Waals surface area (Å²) in [5.41, 5.74) is 4.21. The summed E-state index contributed by atoms with van der Waals surface area (Å²) in [6, 6.07) is 19.6. The normalized spacial score (nSPS) is 11.1. The van der Waals surface area contributed by atoms with Crippen LogP contribution in [0, 0.1) is 0 Å². The summed E-state index contributed by atoms with van der Waals surface area (Å²) in [5, 5.41) is 4.18. The number of aromatic amines is 1. The smallest absolute Gasteiger partial charge is 0.162 e. The Kier molecular flexibility index (Phi) is 7.12. The van der Waals surface area contributed by atoms with Crippen molar-refractivity contribution in [3.05, 3.63) is 87.1 Å². The number of hydrogen-bond donors (Lipinski definition) is 2. The Morgan fingerprint density at radius 3 is 2.65 bits per heavy atom. The van der Waals surface area contributed by atoms with Crippen molar-refractivity contribution in [1.29, 1.82) is 0 Å². The first-order valence-corrected chi connectivity index (χ1v) is 11.2. The van der Waals surface area contributed by atoms with Crippen LogP contribution in [0.2, 0.25) is 5.02 Å². The van der Waals surface area contributed by atoms with E-state index in [2.05, 4.69) is 31.2 Å². The zero-order chi connectivity index (χ0) is 21.6. The number of halogens is 2. The van der Waals surface area contributed by atoms with Crippen molar-refractivity contribution in [1.82, 2.24) is 15.3 Å². The van der Waals surface area contributed by atoms with Gasteiger partial charge < -0.3 is 19.8 Å². The van der Waals surface area contributed by atoms with Crippen LogP contribution < -0.4 is 14.8 Å². The molecular weight excluding hydrogens is 478 g/mol. The maximum absolute atomic E-state index is 5.97. The highest BCUT2D eigenvalue weighted by Crippen LogP contribution is 2.34. The Morgan fingerprint density at radius 2 is 1.87 bits per heavy atom. The van der Waals surface area contributed by atoms with Crippen LogP contribution in [-0.4, -0.2) is 23.6 Å². The summed E-state index contributed by atoms with van der Waals surface area (Å²) in [5.74, 6) is 2.37. The lowest BCUT2D eigenvalue weighted by Gasteiger charge is -2.14. The van der Waals surface area contributed by atoms with E-state index in [0.29, 0.717) is 29.7 Å². The fourth-order valence-corrected chi connectivity index (χ4v) is 3.87. The predicted molar refractivity (Wildman–Crippen MR) is 128 cm³/mol. The topological polar surface area (TPSA) is 59.2 Å². The number of imidazole rings is 1. The molecule has 0 atom stereocenters. The van der Waals surface area contributed by atoms with Gasteiger partial charge in [-0.05, 0) is 47.5 Å². The minimum atomic E-state index is 0.440. The number of nitrogens with zero attached hydrogens (tertiary/aromatic N) is 1. The van der Waals surface area contributed by atoms with E-state index in [1.807, 2.05) is 60.7 Å². The van der Waals surface area contributed by atoms with Crippen molar-refractivity contribution < 1.29 is 9.47 Å². The Morgan fingerprint density at radius 1 is 1.06 bits per heavy atom. The molecule has 160 valence electrons. The second-order valence-electron chi connectivity index (χ2n) is 7.14. The first-order chi connectivity index (χ1) is 15.1. The molecule has 4 aromatic rings. The predicted octanol–water partition coefficient (Wildman–Crippen LogP) is 5.90. The number of nitrogens with one attached hydrogen (secondary N) is 2. The van der Waals surface area contributed by atoms with E-state index in [-0.39, 0.29) is 0 Å². The summed E-state index contributed by atoms with van der Waals surface area (Å²) in [6.07, 6.45) is 0.825. The number of H-pyrrole nitrogens is 1. The van der Waals surface area contributed by atoms with E-state index in [1.54, 1.807) is 7.11 Å². The highest BCUT2D eigenvalue weighted by Gasteiger charge is 2.11. The van der Waals surface area contributed by atoms with E-state index in [1.165, 1.54) is 0 Å². The van der Waals surface area contributed by atoms with E-state index < -0.39 is 0 Å². The van der Waals surface area contributed by atoms with Crippen molar-refractivity contribution in [3.63, 3.8) is 0 Å². The lowest BCUT2D eigenvalue weighted by atomic mass is 10.2. The number of para-hydroxylation sites is 2. The van der Waals surface area contributed by atoms with Gasteiger partial charge in [-0.15, -0.1) is 0 Å². The second-order valence-corrected chi connectivity index (χ2v) is 8.43. The zero-order valence-corrected chi connectivity index (χ0v) is 19.5. The van der Waals surface area contributed by atoms with Crippen LogP contribution in [0.5, 0.6) is 11.5 Å². The SMILES string of the molecule is COc1cc(CNCCc2nc3ccccc3[nH]2)c(Br)cc1OCc1ccc(Cl)cc1. The van der Waals surface area contributed by atoms with Gasteiger partial charge in [0.15, 0.2) is 11.5 Å². The third kappa shape index (κ3) is 5.58. The summed E-state index contributed by atoms with van der Waals surface area (Å²) >= 11 is 9.60. The molecule has 2 N–H and O–H groups in total. The molecule has 0 bridgehead atoms. The standard InChI is InChI=1S/C24H23BrClN3O2/c1-30-22-12-17(14-27-11-10-24-28-20-4-2-3-5-21(20)29-24)19(25)13-23(22)31-15-16-6-8-18(26)9-7-16/h2-9,12-13,27H,10-11,14-15H2,1H3,(H,28,29). The van der Waals surface area contributed by atoms with Crippen molar-refractivity contribution in [2.75, 3.05) is 13.7 Å². The molecule has 0 saturated carbocycles. The number of benzene rings is 3. The molecule has 0 aliphatic rings. The molecule has 0 aliphatic heterocycles. The Bertz CT molecular complexity index is 1130. The lowest BCUT2D eigenvalue weighted by Crippen LogP contribution is -2.17. The van der Waals surface area contributed by atoms with Gasteiger partial charge >= 0.3 is 0 Å². The van der Waals surface area contributed by atoms with E-state index in [4.69, 9.17) is 21.1 Å². The molecule has 0 aliphatic carbocycles. The molecule has 0 saturated heterocycles. The fraction of sp³-hybridized carbons (Fsp3) is 0.208. The molecule has 1 aromatic heterocycles. The number of aromatic nitrogens is 2. The summed E-state index contributed by atoms with van der Waals surface area (Å²) in [6.45, 7) is 1.95.